The van der Waals surface area contributed by atoms with Crippen LogP contribution in [0.3, 0.4) is 0 Å². The van der Waals surface area contributed by atoms with Gasteiger partial charge in [-0.2, -0.15) is 0 Å². The number of benzene rings is 3. The van der Waals surface area contributed by atoms with Crippen molar-refractivity contribution in [1.82, 2.24) is 4.98 Å². The van der Waals surface area contributed by atoms with Gasteiger partial charge in [-0.25, -0.2) is 9.78 Å². The molecule has 1 saturated carbocycles. The van der Waals surface area contributed by atoms with Crippen LogP contribution in [0.4, 0.5) is 0 Å². The Balaban J connectivity index is 1.80. The molecule has 3 aromatic carbocycles. The standard InChI is InChI=1S/C29H25NO3S/c1-3-27(31)33-25-10-5-4-9-23(25)29(21-13-16-26-24(17-21)30-18-34-26)28(19-7-6-8-19)20-11-14-22(32-2)15-12-20/h3-5,9-19H,1,6-8H2,2H3/b29-28-. The lowest BCUT2D eigenvalue weighted by Gasteiger charge is -2.32. The van der Waals surface area contributed by atoms with E-state index in [0.29, 0.717) is 11.7 Å². The molecule has 0 spiro atoms. The van der Waals surface area contributed by atoms with Gasteiger partial charge in [0.25, 0.3) is 0 Å². The number of carbonyl (C=O) groups excluding carboxylic acids is 1. The smallest absolute Gasteiger partial charge is 0.335 e. The molecule has 1 aliphatic carbocycles. The van der Waals surface area contributed by atoms with Crippen molar-refractivity contribution in [2.45, 2.75) is 19.3 Å². The minimum atomic E-state index is -0.476. The summed E-state index contributed by atoms with van der Waals surface area (Å²) < 4.78 is 12.2. The number of nitrogens with zero attached hydrogens (tertiary/aromatic N) is 1. The Morgan fingerprint density at radius 1 is 1.06 bits per heavy atom. The van der Waals surface area contributed by atoms with Crippen molar-refractivity contribution < 1.29 is 14.3 Å². The van der Waals surface area contributed by atoms with Gasteiger partial charge in [-0.05, 0) is 71.4 Å². The van der Waals surface area contributed by atoms with Crippen molar-refractivity contribution in [2.75, 3.05) is 7.11 Å². The number of esters is 1. The van der Waals surface area contributed by atoms with E-state index in [1.165, 1.54) is 18.1 Å². The molecular weight excluding hydrogens is 442 g/mol. The fourth-order valence-corrected chi connectivity index (χ4v) is 5.09. The van der Waals surface area contributed by atoms with Gasteiger partial charge in [-0.1, -0.05) is 49.4 Å². The lowest BCUT2D eigenvalue weighted by atomic mass is 9.73. The second-order valence-electron chi connectivity index (χ2n) is 8.30. The number of aromatic nitrogens is 1. The summed E-state index contributed by atoms with van der Waals surface area (Å²) in [6.07, 6.45) is 4.64. The highest BCUT2D eigenvalue weighted by Crippen LogP contribution is 2.47. The van der Waals surface area contributed by atoms with Crippen LogP contribution in [0, 0.1) is 5.92 Å². The van der Waals surface area contributed by atoms with Crippen LogP contribution in [0.5, 0.6) is 11.5 Å². The fraction of sp³-hybridized carbons (Fsp3) is 0.172. The third kappa shape index (κ3) is 4.27. The molecule has 0 N–H and O–H groups in total. The highest BCUT2D eigenvalue weighted by Gasteiger charge is 2.28. The number of hydrogen-bond donors (Lipinski definition) is 0. The Morgan fingerprint density at radius 3 is 2.53 bits per heavy atom. The largest absolute Gasteiger partial charge is 0.497 e. The van der Waals surface area contributed by atoms with Crippen molar-refractivity contribution >= 4 is 38.7 Å². The highest BCUT2D eigenvalue weighted by atomic mass is 32.1. The van der Waals surface area contributed by atoms with Crippen LogP contribution in [-0.4, -0.2) is 18.1 Å². The Morgan fingerprint density at radius 2 is 1.82 bits per heavy atom. The molecule has 0 radical (unpaired) electrons. The predicted molar refractivity (Wildman–Crippen MR) is 138 cm³/mol. The Labute approximate surface area is 203 Å². The number of thiazole rings is 1. The number of para-hydroxylation sites is 1. The van der Waals surface area contributed by atoms with Crippen LogP contribution >= 0.6 is 11.3 Å². The number of hydrogen-bond acceptors (Lipinski definition) is 5. The van der Waals surface area contributed by atoms with E-state index in [2.05, 4.69) is 41.9 Å². The van der Waals surface area contributed by atoms with E-state index in [4.69, 9.17) is 9.47 Å². The summed E-state index contributed by atoms with van der Waals surface area (Å²) in [4.78, 5) is 16.7. The molecule has 34 heavy (non-hydrogen) atoms. The number of carbonyl (C=O) groups is 1. The maximum Gasteiger partial charge on any atom is 0.335 e. The van der Waals surface area contributed by atoms with Gasteiger partial charge >= 0.3 is 5.97 Å². The molecule has 0 atom stereocenters. The average Bonchev–Trinajstić information content (AvgIpc) is 3.31. The van der Waals surface area contributed by atoms with Crippen molar-refractivity contribution in [3.05, 3.63) is 102 Å². The summed E-state index contributed by atoms with van der Waals surface area (Å²) in [5, 5.41) is 0. The molecule has 0 bridgehead atoms. The summed E-state index contributed by atoms with van der Waals surface area (Å²) in [6, 6.07) is 22.4. The summed E-state index contributed by atoms with van der Waals surface area (Å²) in [6.45, 7) is 3.56. The van der Waals surface area contributed by atoms with Gasteiger partial charge in [-0.15, -0.1) is 11.3 Å². The summed E-state index contributed by atoms with van der Waals surface area (Å²) in [7, 11) is 1.68. The average molecular weight is 468 g/mol. The molecule has 170 valence electrons. The maximum absolute atomic E-state index is 12.2. The quantitative estimate of drug-likeness (QED) is 0.125. The predicted octanol–water partition coefficient (Wildman–Crippen LogP) is 7.16. The molecule has 1 aromatic heterocycles. The molecule has 4 aromatic rings. The van der Waals surface area contributed by atoms with E-state index in [0.717, 1.165) is 51.1 Å². The summed E-state index contributed by atoms with van der Waals surface area (Å²) >= 11 is 1.63. The van der Waals surface area contributed by atoms with E-state index in [-0.39, 0.29) is 0 Å². The van der Waals surface area contributed by atoms with Gasteiger partial charge in [0.1, 0.15) is 11.5 Å². The third-order valence-electron chi connectivity index (χ3n) is 6.34. The van der Waals surface area contributed by atoms with E-state index in [1.807, 2.05) is 41.9 Å². The highest BCUT2D eigenvalue weighted by molar-refractivity contribution is 7.16. The van der Waals surface area contributed by atoms with Gasteiger partial charge in [0.05, 0.1) is 22.8 Å². The van der Waals surface area contributed by atoms with E-state index in [9.17, 15) is 4.79 Å². The van der Waals surface area contributed by atoms with Crippen LogP contribution in [0.25, 0.3) is 21.4 Å². The molecule has 1 fully saturated rings. The zero-order valence-corrected chi connectivity index (χ0v) is 19.8. The maximum atomic E-state index is 12.2. The zero-order valence-electron chi connectivity index (χ0n) is 19.0. The van der Waals surface area contributed by atoms with Gasteiger partial charge < -0.3 is 9.47 Å². The number of fused-ring (bicyclic) bond motifs is 1. The molecule has 5 rings (SSSR count). The van der Waals surface area contributed by atoms with Crippen LogP contribution in [0.15, 0.2) is 84.9 Å². The first-order valence-corrected chi connectivity index (χ1v) is 12.2. The Kier molecular flexibility index (Phi) is 6.28. The molecule has 1 heterocycles. The van der Waals surface area contributed by atoms with Gasteiger partial charge in [-0.3, -0.25) is 0 Å². The van der Waals surface area contributed by atoms with Crippen LogP contribution in [0.1, 0.15) is 36.0 Å². The normalized spacial score (nSPS) is 14.3. The van der Waals surface area contributed by atoms with E-state index < -0.39 is 5.97 Å². The number of methoxy groups -OCH3 is 1. The van der Waals surface area contributed by atoms with Crippen LogP contribution < -0.4 is 9.47 Å². The SMILES string of the molecule is C=CC(=O)Oc1ccccc1/C(=C(\c1ccc(OC)cc1)C1CCC1)c1ccc2scnc2c1. The van der Waals surface area contributed by atoms with Gasteiger partial charge in [0, 0.05) is 11.6 Å². The number of allylic oxidation sites excluding steroid dienone is 1. The number of ether oxygens (including phenoxy) is 2. The van der Waals surface area contributed by atoms with Crippen molar-refractivity contribution in [2.24, 2.45) is 5.92 Å². The van der Waals surface area contributed by atoms with Gasteiger partial charge in [0.2, 0.25) is 0 Å². The molecule has 0 aliphatic heterocycles. The Hall–Kier alpha value is -3.70. The van der Waals surface area contributed by atoms with Crippen molar-refractivity contribution in [3.63, 3.8) is 0 Å². The summed E-state index contributed by atoms with van der Waals surface area (Å²) in [5.41, 5.74) is 8.23. The molecule has 5 heteroatoms. The zero-order chi connectivity index (χ0) is 23.5. The molecule has 0 amide bonds. The topological polar surface area (TPSA) is 48.4 Å². The van der Waals surface area contributed by atoms with Crippen molar-refractivity contribution in [3.8, 4) is 11.5 Å². The minimum absolute atomic E-state index is 0.415. The molecule has 4 nitrogen and oxygen atoms in total. The summed E-state index contributed by atoms with van der Waals surface area (Å²) in [5.74, 6) is 1.28. The van der Waals surface area contributed by atoms with Crippen LogP contribution in [0.2, 0.25) is 0 Å². The first kappa shape index (κ1) is 22.1. The molecule has 0 saturated heterocycles. The third-order valence-corrected chi connectivity index (χ3v) is 7.15. The number of rotatable bonds is 7. The molecule has 0 unspecified atom stereocenters. The monoisotopic (exact) mass is 467 g/mol. The Bertz CT molecular complexity index is 1380. The molecule has 1 aliphatic rings. The second kappa shape index (κ2) is 9.65. The minimum Gasteiger partial charge on any atom is -0.497 e. The fourth-order valence-electron chi connectivity index (χ4n) is 4.43. The first-order chi connectivity index (χ1) is 16.7. The van der Waals surface area contributed by atoms with E-state index >= 15 is 0 Å². The first-order valence-electron chi connectivity index (χ1n) is 11.3. The van der Waals surface area contributed by atoms with Gasteiger partial charge in [0.15, 0.2) is 0 Å². The molecular formula is C29H25NO3S. The lowest BCUT2D eigenvalue weighted by Crippen LogP contribution is -2.15. The van der Waals surface area contributed by atoms with E-state index in [1.54, 1.807) is 18.4 Å². The van der Waals surface area contributed by atoms with Crippen LogP contribution in [-0.2, 0) is 4.79 Å². The van der Waals surface area contributed by atoms with Crippen molar-refractivity contribution in [1.29, 1.82) is 0 Å². The lowest BCUT2D eigenvalue weighted by molar-refractivity contribution is -0.128. The second-order valence-corrected chi connectivity index (χ2v) is 9.19.